The number of ether oxygens (including phenoxy) is 1. The van der Waals surface area contributed by atoms with Crippen LogP contribution < -0.4 is 5.43 Å². The zero-order valence-corrected chi connectivity index (χ0v) is 15.2. The predicted octanol–water partition coefficient (Wildman–Crippen LogP) is 4.45. The van der Waals surface area contributed by atoms with Crippen molar-refractivity contribution in [2.45, 2.75) is 46.6 Å². The van der Waals surface area contributed by atoms with Crippen molar-refractivity contribution in [2.24, 2.45) is 0 Å². The van der Waals surface area contributed by atoms with Crippen molar-refractivity contribution >= 4 is 27.9 Å². The summed E-state index contributed by atoms with van der Waals surface area (Å²) in [6.07, 6.45) is 0.0634. The molecule has 1 heterocycles. The summed E-state index contributed by atoms with van der Waals surface area (Å²) in [6.45, 7) is 9.39. The molecule has 0 atom stereocenters. The van der Waals surface area contributed by atoms with E-state index in [1.807, 2.05) is 40.7 Å². The summed E-state index contributed by atoms with van der Waals surface area (Å²) >= 11 is 0. The second-order valence-electron chi connectivity index (χ2n) is 7.37. The third-order valence-electron chi connectivity index (χ3n) is 4.22. The Labute approximate surface area is 146 Å². The topological polar surface area (TPSA) is 56.5 Å². The Morgan fingerprint density at radius 3 is 2.40 bits per heavy atom. The Bertz CT molecular complexity index is 1040. The highest BCUT2D eigenvalue weighted by atomic mass is 16.6. The summed E-state index contributed by atoms with van der Waals surface area (Å²) in [5.74, 6) is -0.344. The SMILES string of the molecule is Cc1ccc2c(=O)c3cccc(CC(=O)OC(C)(C)C)c3oc2c1C. The van der Waals surface area contributed by atoms with Crippen molar-refractivity contribution in [1.82, 2.24) is 0 Å². The third-order valence-corrected chi connectivity index (χ3v) is 4.22. The average molecular weight is 338 g/mol. The van der Waals surface area contributed by atoms with Crippen LogP contribution in [0, 0.1) is 13.8 Å². The first-order valence-corrected chi connectivity index (χ1v) is 8.34. The molecule has 0 spiro atoms. The van der Waals surface area contributed by atoms with Crippen LogP contribution in [-0.2, 0) is 16.0 Å². The zero-order chi connectivity index (χ0) is 18.4. The van der Waals surface area contributed by atoms with Crippen LogP contribution in [0.3, 0.4) is 0 Å². The molecule has 1 aromatic heterocycles. The highest BCUT2D eigenvalue weighted by molar-refractivity contribution is 5.93. The molecule has 0 aliphatic carbocycles. The van der Waals surface area contributed by atoms with E-state index in [4.69, 9.17) is 9.15 Å². The van der Waals surface area contributed by atoms with E-state index >= 15 is 0 Å². The van der Waals surface area contributed by atoms with Gasteiger partial charge in [0.25, 0.3) is 0 Å². The minimum Gasteiger partial charge on any atom is -0.460 e. The number of hydrogen-bond donors (Lipinski definition) is 0. The van der Waals surface area contributed by atoms with Gasteiger partial charge >= 0.3 is 5.97 Å². The maximum atomic E-state index is 12.8. The van der Waals surface area contributed by atoms with Crippen LogP contribution in [0.25, 0.3) is 21.9 Å². The van der Waals surface area contributed by atoms with Gasteiger partial charge in [0.05, 0.1) is 17.2 Å². The molecule has 0 unspecified atom stereocenters. The molecule has 3 rings (SSSR count). The molecule has 0 aliphatic heterocycles. The summed E-state index contributed by atoms with van der Waals surface area (Å²) in [5.41, 5.74) is 3.05. The van der Waals surface area contributed by atoms with E-state index in [1.54, 1.807) is 24.3 Å². The van der Waals surface area contributed by atoms with Gasteiger partial charge in [0.1, 0.15) is 16.8 Å². The summed E-state index contributed by atoms with van der Waals surface area (Å²) in [7, 11) is 0. The van der Waals surface area contributed by atoms with Gasteiger partial charge in [-0.1, -0.05) is 18.2 Å². The highest BCUT2D eigenvalue weighted by Crippen LogP contribution is 2.26. The Kier molecular flexibility index (Phi) is 4.15. The van der Waals surface area contributed by atoms with Gasteiger partial charge in [-0.15, -0.1) is 0 Å². The Hall–Kier alpha value is -2.62. The molecule has 0 radical (unpaired) electrons. The molecule has 0 N–H and O–H groups in total. The fraction of sp³-hybridized carbons (Fsp3) is 0.333. The summed E-state index contributed by atoms with van der Waals surface area (Å²) in [4.78, 5) is 25.0. The molecule has 4 heteroatoms. The minimum absolute atomic E-state index is 0.0634. The molecular weight excluding hydrogens is 316 g/mol. The molecule has 2 aromatic carbocycles. The van der Waals surface area contributed by atoms with Gasteiger partial charge in [0.15, 0.2) is 0 Å². The molecular formula is C21H22O4. The van der Waals surface area contributed by atoms with E-state index in [0.717, 1.165) is 11.1 Å². The van der Waals surface area contributed by atoms with Crippen molar-refractivity contribution in [3.8, 4) is 0 Å². The van der Waals surface area contributed by atoms with E-state index in [0.29, 0.717) is 27.5 Å². The maximum absolute atomic E-state index is 12.8. The van der Waals surface area contributed by atoms with Crippen LogP contribution in [0.15, 0.2) is 39.5 Å². The zero-order valence-electron chi connectivity index (χ0n) is 15.2. The predicted molar refractivity (Wildman–Crippen MR) is 99.0 cm³/mol. The number of aryl methyl sites for hydroxylation is 2. The van der Waals surface area contributed by atoms with Crippen molar-refractivity contribution in [3.63, 3.8) is 0 Å². The summed E-state index contributed by atoms with van der Waals surface area (Å²) < 4.78 is 11.5. The Morgan fingerprint density at radius 1 is 1.04 bits per heavy atom. The van der Waals surface area contributed by atoms with Crippen molar-refractivity contribution in [2.75, 3.05) is 0 Å². The Morgan fingerprint density at radius 2 is 1.72 bits per heavy atom. The fourth-order valence-corrected chi connectivity index (χ4v) is 2.90. The quantitative estimate of drug-likeness (QED) is 0.512. The van der Waals surface area contributed by atoms with Gasteiger partial charge < -0.3 is 9.15 Å². The Balaban J connectivity index is 2.20. The van der Waals surface area contributed by atoms with Crippen LogP contribution in [0.1, 0.15) is 37.5 Å². The van der Waals surface area contributed by atoms with E-state index in [-0.39, 0.29) is 17.8 Å². The number of carbonyl (C=O) groups excluding carboxylic acids is 1. The van der Waals surface area contributed by atoms with Gasteiger partial charge in [-0.05, 0) is 57.9 Å². The number of rotatable bonds is 2. The van der Waals surface area contributed by atoms with E-state index < -0.39 is 5.60 Å². The smallest absolute Gasteiger partial charge is 0.310 e. The first-order valence-electron chi connectivity index (χ1n) is 8.34. The van der Waals surface area contributed by atoms with Crippen molar-refractivity contribution in [1.29, 1.82) is 0 Å². The number of hydrogen-bond acceptors (Lipinski definition) is 4. The van der Waals surface area contributed by atoms with Crippen LogP contribution >= 0.6 is 0 Å². The van der Waals surface area contributed by atoms with Gasteiger partial charge in [-0.2, -0.15) is 0 Å². The lowest BCUT2D eigenvalue weighted by Crippen LogP contribution is -2.25. The lowest BCUT2D eigenvalue weighted by atomic mass is 10.0. The first-order chi connectivity index (χ1) is 11.7. The minimum atomic E-state index is -0.553. The highest BCUT2D eigenvalue weighted by Gasteiger charge is 2.19. The normalized spacial score (nSPS) is 11.9. The van der Waals surface area contributed by atoms with Gasteiger partial charge in [-0.3, -0.25) is 9.59 Å². The molecule has 0 amide bonds. The molecule has 0 fully saturated rings. The third kappa shape index (κ3) is 3.29. The standard InChI is InChI=1S/C21H22O4/c1-12-9-10-16-18(23)15-8-6-7-14(11-17(22)25-21(3,4)5)20(15)24-19(16)13(12)2/h6-10H,11H2,1-5H3. The van der Waals surface area contributed by atoms with Crippen LogP contribution in [0.4, 0.5) is 0 Å². The molecule has 0 saturated heterocycles. The van der Waals surface area contributed by atoms with Crippen LogP contribution in [0.2, 0.25) is 0 Å². The lowest BCUT2D eigenvalue weighted by molar-refractivity contribution is -0.153. The maximum Gasteiger partial charge on any atom is 0.310 e. The number of esters is 1. The van der Waals surface area contributed by atoms with Gasteiger partial charge in [-0.25, -0.2) is 0 Å². The monoisotopic (exact) mass is 338 g/mol. The van der Waals surface area contributed by atoms with Crippen LogP contribution in [0.5, 0.6) is 0 Å². The number of fused-ring (bicyclic) bond motifs is 2. The molecule has 4 nitrogen and oxygen atoms in total. The molecule has 130 valence electrons. The molecule has 0 bridgehead atoms. The number of para-hydroxylation sites is 1. The van der Waals surface area contributed by atoms with E-state index in [2.05, 4.69) is 0 Å². The van der Waals surface area contributed by atoms with Crippen molar-refractivity contribution < 1.29 is 13.9 Å². The number of benzene rings is 2. The molecule has 25 heavy (non-hydrogen) atoms. The second kappa shape index (κ2) is 6.03. The van der Waals surface area contributed by atoms with Gasteiger partial charge in [0.2, 0.25) is 5.43 Å². The lowest BCUT2D eigenvalue weighted by Gasteiger charge is -2.19. The number of carbonyl (C=O) groups is 1. The average Bonchev–Trinajstić information content (AvgIpc) is 2.50. The molecule has 3 aromatic rings. The molecule has 0 saturated carbocycles. The van der Waals surface area contributed by atoms with E-state index in [9.17, 15) is 9.59 Å². The van der Waals surface area contributed by atoms with Crippen LogP contribution in [-0.4, -0.2) is 11.6 Å². The fourth-order valence-electron chi connectivity index (χ4n) is 2.90. The summed E-state index contributed by atoms with van der Waals surface area (Å²) in [6, 6.07) is 9.01. The first kappa shape index (κ1) is 17.2. The largest absolute Gasteiger partial charge is 0.460 e. The summed E-state index contributed by atoms with van der Waals surface area (Å²) in [5, 5.41) is 1.04. The second-order valence-corrected chi connectivity index (χ2v) is 7.37. The molecule has 0 aliphatic rings. The van der Waals surface area contributed by atoms with Crippen molar-refractivity contribution in [3.05, 3.63) is 57.2 Å². The van der Waals surface area contributed by atoms with E-state index in [1.165, 1.54) is 0 Å². The van der Waals surface area contributed by atoms with Gasteiger partial charge in [0, 0.05) is 5.56 Å².